The molecule has 10 aromatic rings. The highest BCUT2D eigenvalue weighted by atomic mass is 16.3. The lowest BCUT2D eigenvalue weighted by atomic mass is 10.0. The van der Waals surface area contributed by atoms with Gasteiger partial charge in [-0.1, -0.05) is 60.7 Å². The van der Waals surface area contributed by atoms with Gasteiger partial charge in [0.2, 0.25) is 5.95 Å². The summed E-state index contributed by atoms with van der Waals surface area (Å²) in [5, 5.41) is 10.6. The maximum Gasteiger partial charge on any atom is 0.235 e. The summed E-state index contributed by atoms with van der Waals surface area (Å²) in [4.78, 5) is 19.5. The third-order valence-corrected chi connectivity index (χ3v) is 8.55. The number of furan rings is 1. The first-order valence-electron chi connectivity index (χ1n) is 13.9. The molecule has 6 heteroatoms. The van der Waals surface area contributed by atoms with Crippen LogP contribution >= 0.6 is 0 Å². The lowest BCUT2D eigenvalue weighted by Gasteiger charge is -2.10. The maximum atomic E-state index is 6.78. The Morgan fingerprint density at radius 3 is 2.31 bits per heavy atom. The molecule has 5 aromatic carbocycles. The summed E-state index contributed by atoms with van der Waals surface area (Å²) in [5.74, 6) is 0.593. The van der Waals surface area contributed by atoms with Crippen molar-refractivity contribution >= 4 is 87.1 Å². The van der Waals surface area contributed by atoms with E-state index in [1.807, 2.05) is 36.9 Å². The molecule has 0 saturated heterocycles. The number of benzene rings is 5. The molecule has 10 rings (SSSR count). The Balaban J connectivity index is 1.45. The number of aromatic nitrogens is 5. The standard InChI is InChI=1S/C36H19N5O/c1-3-8-22-20(6-1)12-14-28-26(22)19-39-36(40-28)41-29-10-5-16-38-32(29)30-24-15-17-37-18-27(24)35-31(33(30)41)25-13-11-21-7-2-4-9-23(21)34(25)42-35/h1-19H. The van der Waals surface area contributed by atoms with E-state index in [1.165, 1.54) is 5.39 Å². The van der Waals surface area contributed by atoms with Crippen LogP contribution in [-0.4, -0.2) is 24.5 Å². The number of hydrogen-bond donors (Lipinski definition) is 0. The predicted molar refractivity (Wildman–Crippen MR) is 169 cm³/mol. The van der Waals surface area contributed by atoms with E-state index in [2.05, 4.69) is 88.4 Å². The second-order valence-electron chi connectivity index (χ2n) is 10.7. The highest BCUT2D eigenvalue weighted by Gasteiger charge is 2.25. The summed E-state index contributed by atoms with van der Waals surface area (Å²) < 4.78 is 8.93. The number of nitrogens with zero attached hydrogens (tertiary/aromatic N) is 5. The normalized spacial score (nSPS) is 12.3. The average Bonchev–Trinajstić information content (AvgIpc) is 3.61. The van der Waals surface area contributed by atoms with Crippen LogP contribution < -0.4 is 0 Å². The van der Waals surface area contributed by atoms with Crippen LogP contribution in [0.2, 0.25) is 0 Å². The molecule has 0 radical (unpaired) electrons. The van der Waals surface area contributed by atoms with Crippen LogP contribution in [0.1, 0.15) is 0 Å². The molecule has 0 amide bonds. The summed E-state index contributed by atoms with van der Waals surface area (Å²) in [6.07, 6.45) is 7.51. The minimum atomic E-state index is 0.593. The van der Waals surface area contributed by atoms with Gasteiger partial charge in [-0.15, -0.1) is 0 Å². The van der Waals surface area contributed by atoms with Crippen LogP contribution in [0, 0.1) is 0 Å². The topological polar surface area (TPSA) is 69.6 Å². The zero-order chi connectivity index (χ0) is 27.4. The molecule has 194 valence electrons. The third kappa shape index (κ3) is 2.73. The summed E-state index contributed by atoms with van der Waals surface area (Å²) in [7, 11) is 0. The average molecular weight is 538 g/mol. The van der Waals surface area contributed by atoms with Crippen molar-refractivity contribution in [3.8, 4) is 5.95 Å². The molecule has 6 nitrogen and oxygen atoms in total. The van der Waals surface area contributed by atoms with E-state index in [0.717, 1.165) is 81.7 Å². The molecule has 0 aliphatic rings. The van der Waals surface area contributed by atoms with E-state index >= 15 is 0 Å². The van der Waals surface area contributed by atoms with Crippen molar-refractivity contribution in [3.05, 3.63) is 116 Å². The van der Waals surface area contributed by atoms with Crippen molar-refractivity contribution in [3.63, 3.8) is 0 Å². The van der Waals surface area contributed by atoms with E-state index in [0.29, 0.717) is 5.95 Å². The van der Waals surface area contributed by atoms with E-state index in [9.17, 15) is 0 Å². The molecule has 0 atom stereocenters. The fourth-order valence-corrected chi connectivity index (χ4v) is 6.74. The van der Waals surface area contributed by atoms with Crippen LogP contribution in [0.25, 0.3) is 93.0 Å². The molecule has 0 aliphatic carbocycles. The van der Waals surface area contributed by atoms with Gasteiger partial charge < -0.3 is 4.42 Å². The fourth-order valence-electron chi connectivity index (χ4n) is 6.74. The van der Waals surface area contributed by atoms with Gasteiger partial charge >= 0.3 is 0 Å². The highest BCUT2D eigenvalue weighted by molar-refractivity contribution is 6.35. The van der Waals surface area contributed by atoms with Crippen molar-refractivity contribution < 1.29 is 4.42 Å². The zero-order valence-electron chi connectivity index (χ0n) is 22.1. The predicted octanol–water partition coefficient (Wildman–Crippen LogP) is 8.88. The summed E-state index contributed by atoms with van der Waals surface area (Å²) in [6, 6.07) is 31.3. The Bertz CT molecular complexity index is 2760. The van der Waals surface area contributed by atoms with Crippen LogP contribution in [0.4, 0.5) is 0 Å². The number of rotatable bonds is 1. The molecule has 0 fully saturated rings. The first kappa shape index (κ1) is 21.9. The van der Waals surface area contributed by atoms with Crippen LogP contribution in [0.3, 0.4) is 0 Å². The van der Waals surface area contributed by atoms with E-state index < -0.39 is 0 Å². The van der Waals surface area contributed by atoms with Crippen molar-refractivity contribution in [2.45, 2.75) is 0 Å². The Kier molecular flexibility index (Phi) is 4.10. The van der Waals surface area contributed by atoms with Crippen molar-refractivity contribution in [2.75, 3.05) is 0 Å². The van der Waals surface area contributed by atoms with Crippen molar-refractivity contribution in [2.24, 2.45) is 0 Å². The van der Waals surface area contributed by atoms with Crippen molar-refractivity contribution in [1.29, 1.82) is 0 Å². The van der Waals surface area contributed by atoms with Crippen LogP contribution in [0.15, 0.2) is 120 Å². The molecule has 0 N–H and O–H groups in total. The molecule has 42 heavy (non-hydrogen) atoms. The first-order chi connectivity index (χ1) is 20.8. The van der Waals surface area contributed by atoms with Gasteiger partial charge in [0, 0.05) is 57.1 Å². The van der Waals surface area contributed by atoms with Gasteiger partial charge in [-0.05, 0) is 46.5 Å². The first-order valence-corrected chi connectivity index (χ1v) is 13.9. The van der Waals surface area contributed by atoms with E-state index in [4.69, 9.17) is 19.4 Å². The Morgan fingerprint density at radius 2 is 1.38 bits per heavy atom. The van der Waals surface area contributed by atoms with Gasteiger partial charge in [0.1, 0.15) is 11.2 Å². The van der Waals surface area contributed by atoms with Gasteiger partial charge in [0.05, 0.1) is 27.5 Å². The number of hydrogen-bond acceptors (Lipinski definition) is 5. The minimum Gasteiger partial charge on any atom is -0.455 e. The van der Waals surface area contributed by atoms with Gasteiger partial charge in [0.25, 0.3) is 0 Å². The second-order valence-corrected chi connectivity index (χ2v) is 10.7. The molecular formula is C36H19N5O. The molecule has 0 spiro atoms. The molecule has 0 saturated carbocycles. The van der Waals surface area contributed by atoms with Crippen LogP contribution in [0.5, 0.6) is 0 Å². The summed E-state index contributed by atoms with van der Waals surface area (Å²) in [5.41, 5.74) is 5.36. The molecule has 5 aromatic heterocycles. The number of pyridine rings is 2. The summed E-state index contributed by atoms with van der Waals surface area (Å²) >= 11 is 0. The fraction of sp³-hybridized carbons (Fsp3) is 0. The van der Waals surface area contributed by atoms with Crippen LogP contribution in [-0.2, 0) is 0 Å². The molecule has 0 aliphatic heterocycles. The quantitative estimate of drug-likeness (QED) is 0.196. The molecule has 0 unspecified atom stereocenters. The maximum absolute atomic E-state index is 6.78. The van der Waals surface area contributed by atoms with Gasteiger partial charge in [-0.25, -0.2) is 9.97 Å². The van der Waals surface area contributed by atoms with Crippen molar-refractivity contribution in [1.82, 2.24) is 24.5 Å². The molecule has 0 bridgehead atoms. The third-order valence-electron chi connectivity index (χ3n) is 8.55. The molecule has 5 heterocycles. The Labute approximate surface area is 237 Å². The van der Waals surface area contributed by atoms with E-state index in [1.54, 1.807) is 0 Å². The van der Waals surface area contributed by atoms with E-state index in [-0.39, 0.29) is 0 Å². The van der Waals surface area contributed by atoms with Gasteiger partial charge in [0.15, 0.2) is 0 Å². The van der Waals surface area contributed by atoms with Gasteiger partial charge in [-0.2, -0.15) is 0 Å². The largest absolute Gasteiger partial charge is 0.455 e. The monoisotopic (exact) mass is 537 g/mol. The lowest BCUT2D eigenvalue weighted by Crippen LogP contribution is -2.01. The summed E-state index contributed by atoms with van der Waals surface area (Å²) in [6.45, 7) is 0. The molecular weight excluding hydrogens is 518 g/mol. The second kappa shape index (κ2) is 7.86. The highest BCUT2D eigenvalue weighted by Crippen LogP contribution is 2.46. The smallest absolute Gasteiger partial charge is 0.235 e. The Hall–Kier alpha value is -5.88. The van der Waals surface area contributed by atoms with Gasteiger partial charge in [-0.3, -0.25) is 14.5 Å². The Morgan fingerprint density at radius 1 is 0.548 bits per heavy atom. The lowest BCUT2D eigenvalue weighted by molar-refractivity contribution is 0.676. The SMILES string of the molecule is c1ccc2c(c1)ccc1nc(-n3c4cccnc4c4c5ccncc5c5oc6c7ccccc7ccc6c5c43)ncc12. The number of fused-ring (bicyclic) bond motifs is 15. The minimum absolute atomic E-state index is 0.593. The zero-order valence-corrected chi connectivity index (χ0v) is 22.1.